The molecule has 2 aromatic rings. The van der Waals surface area contributed by atoms with Gasteiger partial charge in [-0.2, -0.15) is 0 Å². The first-order chi connectivity index (χ1) is 28.6. The first-order valence-corrected chi connectivity index (χ1v) is 21.5. The first kappa shape index (κ1) is 41.9. The highest BCUT2D eigenvalue weighted by molar-refractivity contribution is 6.26. The molecule has 2 saturated carbocycles. The Morgan fingerprint density at radius 1 is 0.917 bits per heavy atom. The van der Waals surface area contributed by atoms with Gasteiger partial charge in [0.1, 0.15) is 64.7 Å². The van der Waals surface area contributed by atoms with Gasteiger partial charge in [-0.05, 0) is 37.0 Å². The van der Waals surface area contributed by atoms with Crippen LogP contribution in [0.25, 0.3) is 0 Å². The van der Waals surface area contributed by atoms with E-state index in [-0.39, 0.29) is 34.8 Å². The van der Waals surface area contributed by atoms with Crippen molar-refractivity contribution in [2.45, 2.75) is 130 Å². The summed E-state index contributed by atoms with van der Waals surface area (Å²) in [7, 11) is 0. The minimum absolute atomic E-state index is 0.0470. The highest BCUT2D eigenvalue weighted by atomic mass is 35.5. The van der Waals surface area contributed by atoms with Crippen LogP contribution in [0.5, 0.6) is 5.75 Å². The summed E-state index contributed by atoms with van der Waals surface area (Å²) in [4.78, 5) is 27.5. The van der Waals surface area contributed by atoms with Crippen molar-refractivity contribution in [3.8, 4) is 5.75 Å². The van der Waals surface area contributed by atoms with Crippen LogP contribution in [0.4, 0.5) is 0 Å². The van der Waals surface area contributed by atoms with Crippen molar-refractivity contribution in [2.24, 2.45) is 23.7 Å². The van der Waals surface area contributed by atoms with Crippen molar-refractivity contribution in [3.63, 3.8) is 0 Å². The molecule has 8 aliphatic rings. The van der Waals surface area contributed by atoms with E-state index in [1.165, 1.54) is 18.2 Å². The molecule has 5 saturated heterocycles. The van der Waals surface area contributed by atoms with Gasteiger partial charge < -0.3 is 59.1 Å². The van der Waals surface area contributed by atoms with Crippen LogP contribution in [-0.2, 0) is 39.2 Å². The van der Waals surface area contributed by atoms with Crippen molar-refractivity contribution < 1.29 is 68.6 Å². The molecule has 5 heterocycles. The summed E-state index contributed by atoms with van der Waals surface area (Å²) in [5, 5.41) is 74.7. The highest BCUT2D eigenvalue weighted by Gasteiger charge is 2.90. The molecule has 10 rings (SSSR count). The number of aromatic hydroxyl groups is 1. The summed E-state index contributed by atoms with van der Waals surface area (Å²) in [5.41, 5.74) is -9.39. The summed E-state index contributed by atoms with van der Waals surface area (Å²) >= 11 is 6.48. The van der Waals surface area contributed by atoms with E-state index >= 15 is 0 Å². The Labute approximate surface area is 352 Å². The first-order valence-electron chi connectivity index (χ1n) is 21.0. The van der Waals surface area contributed by atoms with Gasteiger partial charge in [0.15, 0.2) is 11.7 Å². The Balaban J connectivity index is 1.27. The average molecular weight is 853 g/mol. The number of epoxide rings is 1. The number of esters is 2. The third kappa shape index (κ3) is 5.65. The number of rotatable bonds is 5. The molecule has 7 fully saturated rings. The van der Waals surface area contributed by atoms with Crippen LogP contribution in [0.15, 0.2) is 77.4 Å². The van der Waals surface area contributed by atoms with Gasteiger partial charge in [-0.3, -0.25) is 4.79 Å². The van der Waals surface area contributed by atoms with Crippen LogP contribution in [0.1, 0.15) is 81.6 Å². The highest BCUT2D eigenvalue weighted by Crippen LogP contribution is 2.74. The Hall–Kier alpha value is -3.41. The van der Waals surface area contributed by atoms with E-state index in [1.807, 2.05) is 6.92 Å². The van der Waals surface area contributed by atoms with Crippen LogP contribution in [-0.4, -0.2) is 114 Å². The third-order valence-corrected chi connectivity index (χ3v) is 15.0. The summed E-state index contributed by atoms with van der Waals surface area (Å²) in [5.74, 6) is -7.05. The van der Waals surface area contributed by atoms with Gasteiger partial charge in [-0.25, -0.2) is 4.79 Å². The number of aliphatic hydroxyl groups is 5. The monoisotopic (exact) mass is 852 g/mol. The SMILES string of the molecule is CC1CCCCCCC(C)C(=O)O[C@H]2/C(=C/Cl)C=C3[C@]2(O)[C@H](O)C2(CO)O[C@H]2[C@H]2[C@@H]4OC5(c6ccccc6)O[C@@H]([C@@H](C)[C@]32O5)[C@@]4(O)C(O)(COC(=O)c2ccccc2O)C1. The molecule has 5 unspecified atom stereocenters. The number of hydrogen-bond donors (Lipinski definition) is 6. The fourth-order valence-corrected chi connectivity index (χ4v) is 11.8. The Kier molecular flexibility index (Phi) is 10.2. The number of benzene rings is 2. The lowest BCUT2D eigenvalue weighted by Gasteiger charge is -2.73. The van der Waals surface area contributed by atoms with Crippen LogP contribution < -0.4 is 0 Å². The normalized spacial score (nSPS) is 46.5. The summed E-state index contributed by atoms with van der Waals surface area (Å²) in [6.45, 7) is 3.82. The number of ether oxygens (including phenoxy) is 6. The van der Waals surface area contributed by atoms with E-state index in [1.54, 1.807) is 56.3 Å². The van der Waals surface area contributed by atoms with Gasteiger partial charge in [0.25, 0.3) is 0 Å². The number of fused-ring (bicyclic) bond motifs is 1. The molecule has 3 aliphatic carbocycles. The van der Waals surface area contributed by atoms with Gasteiger partial charge in [-0.1, -0.05) is 107 Å². The average Bonchev–Trinajstić information content (AvgIpc) is 3.91. The number of aliphatic hydroxyl groups excluding tert-OH is 2. The van der Waals surface area contributed by atoms with Crippen molar-refractivity contribution in [1.82, 2.24) is 0 Å². The number of phenolic OH excluding ortho intramolecular Hbond substituents is 1. The van der Waals surface area contributed by atoms with E-state index in [0.29, 0.717) is 24.8 Å². The number of carbonyl (C=O) groups excluding carboxylic acids is 2. The molecular weight excluding hydrogens is 800 g/mol. The molecule has 15 atom stereocenters. The third-order valence-electron chi connectivity index (χ3n) is 14.7. The summed E-state index contributed by atoms with van der Waals surface area (Å²) < 4.78 is 39.2. The molecule has 6 N–H and O–H groups in total. The lowest BCUT2D eigenvalue weighted by atomic mass is 9.50. The van der Waals surface area contributed by atoms with Gasteiger partial charge in [0, 0.05) is 28.2 Å². The van der Waals surface area contributed by atoms with Crippen LogP contribution in [0.3, 0.4) is 0 Å². The van der Waals surface area contributed by atoms with E-state index in [9.17, 15) is 40.2 Å². The van der Waals surface area contributed by atoms with Crippen molar-refractivity contribution in [2.75, 3.05) is 13.2 Å². The van der Waals surface area contributed by atoms with Crippen LogP contribution in [0, 0.1) is 23.7 Å². The number of para-hydroxylation sites is 1. The molecule has 324 valence electrons. The molecule has 8 bridgehead atoms. The maximum Gasteiger partial charge on any atom is 0.342 e. The minimum Gasteiger partial charge on any atom is -0.507 e. The lowest BCUT2D eigenvalue weighted by Crippen LogP contribution is -2.89. The number of phenols is 1. The van der Waals surface area contributed by atoms with E-state index in [2.05, 4.69) is 0 Å². The number of halogens is 1. The van der Waals surface area contributed by atoms with E-state index in [0.717, 1.165) is 24.8 Å². The zero-order chi connectivity index (χ0) is 42.6. The van der Waals surface area contributed by atoms with E-state index < -0.39 is 107 Å². The quantitative estimate of drug-likeness (QED) is 0.186. The Morgan fingerprint density at radius 2 is 1.60 bits per heavy atom. The molecule has 5 aliphatic heterocycles. The zero-order valence-electron chi connectivity index (χ0n) is 33.7. The topological polar surface area (TPSA) is 214 Å². The molecule has 1 spiro atoms. The zero-order valence-corrected chi connectivity index (χ0v) is 34.5. The second-order valence-corrected chi connectivity index (χ2v) is 18.4. The maximum atomic E-state index is 13.9. The fraction of sp³-hybridized carbons (Fsp3) is 0.600. The van der Waals surface area contributed by atoms with Crippen molar-refractivity contribution in [3.05, 3.63) is 88.5 Å². The predicted molar refractivity (Wildman–Crippen MR) is 211 cm³/mol. The Morgan fingerprint density at radius 3 is 2.30 bits per heavy atom. The number of carbonyl (C=O) groups is 2. The van der Waals surface area contributed by atoms with Gasteiger partial charge in [0.05, 0.1) is 18.4 Å². The smallest absolute Gasteiger partial charge is 0.342 e. The van der Waals surface area contributed by atoms with Crippen molar-refractivity contribution >= 4 is 23.5 Å². The van der Waals surface area contributed by atoms with Crippen molar-refractivity contribution in [1.29, 1.82) is 0 Å². The van der Waals surface area contributed by atoms with Gasteiger partial charge >= 0.3 is 17.9 Å². The van der Waals surface area contributed by atoms with Crippen LogP contribution >= 0.6 is 11.6 Å². The minimum atomic E-state index is -2.51. The molecule has 0 aromatic heterocycles. The summed E-state index contributed by atoms with van der Waals surface area (Å²) in [6, 6.07) is 14.5. The lowest BCUT2D eigenvalue weighted by molar-refractivity contribution is -0.584. The van der Waals surface area contributed by atoms with Crippen LogP contribution in [0.2, 0.25) is 0 Å². The molecule has 0 radical (unpaired) electrons. The maximum absolute atomic E-state index is 13.9. The van der Waals surface area contributed by atoms with Gasteiger partial charge in [0.2, 0.25) is 0 Å². The second-order valence-electron chi connectivity index (χ2n) is 18.2. The molecule has 14 nitrogen and oxygen atoms in total. The Bertz CT molecular complexity index is 2100. The standard InChI is InChI=1S/C45H53ClO14/c1-24-13-7-4-5-8-14-25(2)37(49)56-34-27(21-46)19-31-42(34,53)39(51)41(22-47)35(57-41)32-36-44(54,40(52,20-24)23-55-38(50)29-17-11-12-18-30(29)48)33-26(3)43(31,32)60-45(58-33,59-36)28-15-9-6-10-16-28/h6,9-12,15-19,21,24-26,32-36,39,47-48,51-54H,4-5,7-8,13-14,20,22-23H2,1-3H3/b27-21+/t24?,25?,26-,32+,33+,34+,35+,36+,39-,40?,41?,42-,43+,44+,45?/m1/s1. The molecular formula is C45H53ClO14. The van der Waals surface area contributed by atoms with Gasteiger partial charge in [-0.15, -0.1) is 0 Å². The number of hydrogen-bond acceptors (Lipinski definition) is 14. The molecule has 60 heavy (non-hydrogen) atoms. The fourth-order valence-electron chi connectivity index (χ4n) is 11.6. The predicted octanol–water partition coefficient (Wildman–Crippen LogP) is 3.87. The summed E-state index contributed by atoms with van der Waals surface area (Å²) in [6.07, 6.45) is -2.01. The largest absolute Gasteiger partial charge is 0.507 e. The van der Waals surface area contributed by atoms with E-state index in [4.69, 9.17) is 40.0 Å². The second kappa shape index (κ2) is 14.6. The molecule has 15 heteroatoms. The molecule has 0 amide bonds. The molecule has 2 aromatic carbocycles.